The second-order valence-electron chi connectivity index (χ2n) is 6.54. The molecule has 3 heterocycles. The number of H-pyrrole nitrogens is 1. The zero-order chi connectivity index (χ0) is 20.2. The van der Waals surface area contributed by atoms with Gasteiger partial charge in [0, 0.05) is 0 Å². The number of nitrogens with one attached hydrogen (secondary N) is 2. The minimum absolute atomic E-state index is 0.0467. The Labute approximate surface area is 177 Å². The predicted molar refractivity (Wildman–Crippen MR) is 110 cm³/mol. The Hall–Kier alpha value is -2.06. The van der Waals surface area contributed by atoms with E-state index in [1.54, 1.807) is 6.07 Å². The number of aromatic nitrogens is 2. The van der Waals surface area contributed by atoms with Crippen molar-refractivity contribution in [1.82, 2.24) is 20.4 Å². The molecule has 0 saturated carbocycles. The normalized spacial score (nSPS) is 15.3. The summed E-state index contributed by atoms with van der Waals surface area (Å²) >= 11 is 0.433. The summed E-state index contributed by atoms with van der Waals surface area (Å²) in [4.78, 5) is 28.5. The summed E-state index contributed by atoms with van der Waals surface area (Å²) in [5, 5.41) is 10.9. The molecule has 0 aliphatic carbocycles. The Morgan fingerprint density at radius 2 is 2.03 bits per heavy atom. The molecule has 1 fully saturated rings. The second kappa shape index (κ2) is 9.17. The van der Waals surface area contributed by atoms with E-state index in [9.17, 15) is 14.0 Å². The van der Waals surface area contributed by atoms with E-state index in [1.807, 2.05) is 0 Å². The van der Waals surface area contributed by atoms with Crippen LogP contribution < -0.4 is 9.80 Å². The molecule has 0 unspecified atom stereocenters. The molecule has 1 aromatic carbocycles. The number of morpholine rings is 1. The molecule has 4 rings (SSSR count). The zero-order valence-electron chi connectivity index (χ0n) is 15.5. The fraction of sp³-hybridized carbons (Fsp3) is 0.316. The van der Waals surface area contributed by atoms with Gasteiger partial charge in [-0.15, -0.1) is 0 Å². The molecule has 7 nitrogen and oxygen atoms in total. The molecule has 1 amide bonds. The first-order chi connectivity index (χ1) is 14.1. The first-order valence-electron chi connectivity index (χ1n) is 9.18. The number of halogens is 1. The third-order valence-electron chi connectivity index (χ3n) is 4.58. The number of carbonyl (C=O) groups excluding carboxylic acids is 2. The molecule has 3 aromatic rings. The van der Waals surface area contributed by atoms with Gasteiger partial charge in [0.15, 0.2) is 0 Å². The van der Waals surface area contributed by atoms with E-state index < -0.39 is 15.8 Å². The SMILES string of the molecule is O=C([As]c1[nH]nc2sc(C(=O)NCCN3CCOCC3)cc12)c1ccc(F)cc1. The van der Waals surface area contributed by atoms with Crippen LogP contribution in [0, 0.1) is 5.82 Å². The topological polar surface area (TPSA) is 87.3 Å². The van der Waals surface area contributed by atoms with Gasteiger partial charge < -0.3 is 0 Å². The van der Waals surface area contributed by atoms with Crippen LogP contribution in [-0.2, 0) is 4.74 Å². The molecule has 1 radical (unpaired) electrons. The number of rotatable bonds is 7. The van der Waals surface area contributed by atoms with Crippen LogP contribution in [0.3, 0.4) is 0 Å². The molecule has 1 saturated heterocycles. The van der Waals surface area contributed by atoms with Crippen LogP contribution in [0.4, 0.5) is 4.39 Å². The number of fused-ring (bicyclic) bond motifs is 1. The van der Waals surface area contributed by atoms with Gasteiger partial charge in [-0.25, -0.2) is 0 Å². The summed E-state index contributed by atoms with van der Waals surface area (Å²) in [7, 11) is 0. The molecule has 29 heavy (non-hydrogen) atoms. The van der Waals surface area contributed by atoms with Crippen molar-refractivity contribution < 1.29 is 18.7 Å². The maximum absolute atomic E-state index is 13.0. The molecule has 0 atom stereocenters. The standard InChI is InChI=1S/C19H19AsFN4O3S/c21-13-3-1-12(2-4-13)17(26)20-16-14-11-15(29-19(14)24-23-16)18(27)22-5-6-25-7-9-28-10-8-25/h1-4,11H,5-10H2,(H,22,27)(H,23,24). The first kappa shape index (κ1) is 20.2. The average molecular weight is 477 g/mol. The van der Waals surface area contributed by atoms with Gasteiger partial charge in [-0.3, -0.25) is 0 Å². The molecule has 10 heteroatoms. The molecule has 151 valence electrons. The van der Waals surface area contributed by atoms with Gasteiger partial charge in [0.25, 0.3) is 0 Å². The molecule has 0 spiro atoms. The van der Waals surface area contributed by atoms with Crippen LogP contribution in [0.1, 0.15) is 20.0 Å². The van der Waals surface area contributed by atoms with E-state index in [1.165, 1.54) is 35.6 Å². The molecular weight excluding hydrogens is 458 g/mol. The summed E-state index contributed by atoms with van der Waals surface area (Å²) < 4.78 is 19.1. The van der Waals surface area contributed by atoms with Gasteiger partial charge >= 0.3 is 177 Å². The summed E-state index contributed by atoms with van der Waals surface area (Å²) in [5.41, 5.74) is 0.477. The van der Waals surface area contributed by atoms with E-state index in [2.05, 4.69) is 20.4 Å². The van der Waals surface area contributed by atoms with Crippen LogP contribution in [0.5, 0.6) is 0 Å². The van der Waals surface area contributed by atoms with Crippen molar-refractivity contribution in [3.63, 3.8) is 0 Å². The van der Waals surface area contributed by atoms with E-state index in [4.69, 9.17) is 4.74 Å². The van der Waals surface area contributed by atoms with Crippen molar-refractivity contribution in [3.8, 4) is 0 Å². The molecule has 1 aliphatic rings. The maximum atomic E-state index is 13.0. The van der Waals surface area contributed by atoms with Crippen molar-refractivity contribution in [2.24, 2.45) is 0 Å². The summed E-state index contributed by atoms with van der Waals surface area (Å²) in [5.74, 6) is -0.503. The molecular formula is C19H19AsFN4O3S. The van der Waals surface area contributed by atoms with E-state index in [-0.39, 0.29) is 16.3 Å². The van der Waals surface area contributed by atoms with Gasteiger partial charge in [-0.2, -0.15) is 0 Å². The summed E-state index contributed by atoms with van der Waals surface area (Å²) in [6.07, 6.45) is 0. The van der Waals surface area contributed by atoms with Crippen LogP contribution in [-0.4, -0.2) is 80.7 Å². The number of amides is 1. The fourth-order valence-electron chi connectivity index (χ4n) is 2.99. The number of carbonyl (C=O) groups is 2. The molecule has 2 N–H and O–H groups in total. The summed E-state index contributed by atoms with van der Waals surface area (Å²) in [6.45, 7) is 4.60. The number of ether oxygens (including phenoxy) is 1. The Balaban J connectivity index is 1.38. The molecule has 1 aliphatic heterocycles. The van der Waals surface area contributed by atoms with Gasteiger partial charge in [-0.05, 0) is 0 Å². The fourth-order valence-corrected chi connectivity index (χ4v) is 5.90. The van der Waals surface area contributed by atoms with E-state index in [0.717, 1.165) is 42.7 Å². The van der Waals surface area contributed by atoms with Gasteiger partial charge in [0.05, 0.1) is 0 Å². The third kappa shape index (κ3) is 4.92. The Bertz CT molecular complexity index is 1010. The quantitative estimate of drug-likeness (QED) is 0.496. The van der Waals surface area contributed by atoms with Gasteiger partial charge in [-0.1, -0.05) is 0 Å². The Morgan fingerprint density at radius 3 is 2.79 bits per heavy atom. The Kier molecular flexibility index (Phi) is 6.40. The summed E-state index contributed by atoms with van der Waals surface area (Å²) in [6, 6.07) is 7.32. The van der Waals surface area contributed by atoms with Crippen molar-refractivity contribution in [1.29, 1.82) is 0 Å². The van der Waals surface area contributed by atoms with Crippen molar-refractivity contribution in [3.05, 3.63) is 46.6 Å². The first-order valence-corrected chi connectivity index (χ1v) is 11.9. The number of benzene rings is 1. The van der Waals surface area contributed by atoms with Crippen LogP contribution in [0.25, 0.3) is 10.2 Å². The van der Waals surface area contributed by atoms with E-state index >= 15 is 0 Å². The molecule has 2 aromatic heterocycles. The predicted octanol–water partition coefficient (Wildman–Crippen LogP) is 0.995. The number of thiophene rings is 1. The number of aromatic amines is 1. The monoisotopic (exact) mass is 477 g/mol. The number of hydrogen-bond donors (Lipinski definition) is 2. The number of nitrogens with zero attached hydrogens (tertiary/aromatic N) is 2. The van der Waals surface area contributed by atoms with Crippen molar-refractivity contribution in [2.45, 2.75) is 0 Å². The zero-order valence-corrected chi connectivity index (χ0v) is 18.2. The van der Waals surface area contributed by atoms with Crippen LogP contribution in [0.15, 0.2) is 30.3 Å². The van der Waals surface area contributed by atoms with E-state index in [0.29, 0.717) is 21.8 Å². The average Bonchev–Trinajstić information content (AvgIpc) is 3.31. The van der Waals surface area contributed by atoms with Crippen molar-refractivity contribution >= 4 is 52.3 Å². The van der Waals surface area contributed by atoms with Gasteiger partial charge in [0.2, 0.25) is 0 Å². The molecule has 0 bridgehead atoms. The third-order valence-corrected chi connectivity index (χ3v) is 7.76. The Morgan fingerprint density at radius 1 is 1.28 bits per heavy atom. The van der Waals surface area contributed by atoms with Crippen LogP contribution in [0.2, 0.25) is 0 Å². The second-order valence-corrected chi connectivity index (χ2v) is 9.83. The minimum atomic E-state index is -0.870. The number of hydrogen-bond acceptors (Lipinski definition) is 6. The van der Waals surface area contributed by atoms with Crippen molar-refractivity contribution in [2.75, 3.05) is 39.4 Å². The van der Waals surface area contributed by atoms with Gasteiger partial charge in [0.1, 0.15) is 0 Å². The van der Waals surface area contributed by atoms with Crippen LogP contribution >= 0.6 is 11.3 Å².